The first-order valence-corrected chi connectivity index (χ1v) is 14.1. The van der Waals surface area contributed by atoms with E-state index in [4.69, 9.17) is 53.4 Å². The second kappa shape index (κ2) is 13.3. The van der Waals surface area contributed by atoms with Crippen LogP contribution in [0.3, 0.4) is 0 Å². The van der Waals surface area contributed by atoms with Crippen molar-refractivity contribution in [3.63, 3.8) is 0 Å². The number of nitrogen functional groups attached to an aromatic ring is 4. The van der Waals surface area contributed by atoms with Crippen molar-refractivity contribution in [1.29, 1.82) is 21.6 Å². The van der Waals surface area contributed by atoms with Crippen LogP contribution in [0.25, 0.3) is 45.3 Å². The van der Waals surface area contributed by atoms with Gasteiger partial charge >= 0.3 is 0 Å². The molecule has 10 heteroatoms. The lowest BCUT2D eigenvalue weighted by molar-refractivity contribution is 0.597. The highest BCUT2D eigenvalue weighted by molar-refractivity contribution is 5.97. The Bertz CT molecular complexity index is 1730. The van der Waals surface area contributed by atoms with E-state index < -0.39 is 0 Å². The Kier molecular flexibility index (Phi) is 8.90. The first kappa shape index (κ1) is 30.8. The number of nitrogens with one attached hydrogen (secondary N) is 4. The minimum absolute atomic E-state index is 0.0437. The molecule has 0 spiro atoms. The molecular weight excluding hydrogens is 576 g/mol. The minimum Gasteiger partial charge on any atom is -0.456 e. The second-order valence-corrected chi connectivity index (χ2v) is 10.3. The molecule has 6 aromatic rings. The van der Waals surface area contributed by atoms with Crippen LogP contribution in [-0.2, 0) is 0 Å². The van der Waals surface area contributed by atoms with Crippen LogP contribution < -0.4 is 22.9 Å². The van der Waals surface area contributed by atoms with E-state index in [9.17, 15) is 0 Å². The average molecular weight is 609 g/mol. The van der Waals surface area contributed by atoms with Crippen molar-refractivity contribution in [2.24, 2.45) is 22.9 Å². The lowest BCUT2D eigenvalue weighted by Gasteiger charge is -2.02. The molecule has 2 heterocycles. The number of amidine groups is 4. The molecule has 0 unspecified atom stereocenters. The monoisotopic (exact) mass is 608 g/mol. The van der Waals surface area contributed by atoms with E-state index in [1.165, 1.54) is 0 Å². The molecule has 4 aromatic carbocycles. The number of benzene rings is 4. The summed E-state index contributed by atoms with van der Waals surface area (Å²) in [6.07, 6.45) is 0. The lowest BCUT2D eigenvalue weighted by Crippen LogP contribution is -2.10. The average Bonchev–Trinajstić information content (AvgIpc) is 3.77. The van der Waals surface area contributed by atoms with Gasteiger partial charge in [0.15, 0.2) is 0 Å². The van der Waals surface area contributed by atoms with Crippen molar-refractivity contribution in [2.75, 3.05) is 0 Å². The molecule has 0 bridgehead atoms. The summed E-state index contributed by atoms with van der Waals surface area (Å²) >= 11 is 0. The number of hydrogen-bond donors (Lipinski definition) is 8. The molecule has 0 aliphatic carbocycles. The SMILES string of the molecule is N=C(N)c1ccc(-c2ccc(-c3ccc(C(=N)N)cc3)o2)cc1.N=C(N)c1ccc(-c2ccc(-c3ccc(C(=N)N)cc3)o2)cc1. The van der Waals surface area contributed by atoms with Crippen molar-refractivity contribution in [3.05, 3.63) is 144 Å². The third-order valence-corrected chi connectivity index (χ3v) is 7.13. The largest absolute Gasteiger partial charge is 0.456 e. The van der Waals surface area contributed by atoms with Gasteiger partial charge in [0.1, 0.15) is 46.4 Å². The highest BCUT2D eigenvalue weighted by Gasteiger charge is 2.09. The predicted octanol–water partition coefficient (Wildman–Crippen LogP) is 6.36. The van der Waals surface area contributed by atoms with Crippen molar-refractivity contribution < 1.29 is 8.83 Å². The van der Waals surface area contributed by atoms with Crippen LogP contribution in [0, 0.1) is 21.6 Å². The molecule has 0 aliphatic rings. The van der Waals surface area contributed by atoms with Gasteiger partial charge in [-0.3, -0.25) is 21.6 Å². The van der Waals surface area contributed by atoms with Gasteiger partial charge in [-0.2, -0.15) is 0 Å². The number of rotatable bonds is 8. The summed E-state index contributed by atoms with van der Waals surface area (Å²) in [4.78, 5) is 0. The molecule has 10 nitrogen and oxygen atoms in total. The zero-order chi connectivity index (χ0) is 32.8. The Balaban J connectivity index is 0.000000181. The molecule has 0 saturated carbocycles. The quantitative estimate of drug-likeness (QED) is 0.0723. The van der Waals surface area contributed by atoms with Crippen molar-refractivity contribution in [2.45, 2.75) is 0 Å². The lowest BCUT2D eigenvalue weighted by atomic mass is 10.1. The fourth-order valence-electron chi connectivity index (χ4n) is 4.55. The van der Waals surface area contributed by atoms with E-state index in [1.54, 1.807) is 48.5 Å². The van der Waals surface area contributed by atoms with Gasteiger partial charge in [-0.1, -0.05) is 97.1 Å². The van der Waals surface area contributed by atoms with Crippen LogP contribution in [-0.4, -0.2) is 23.3 Å². The summed E-state index contributed by atoms with van der Waals surface area (Å²) in [6.45, 7) is 0. The van der Waals surface area contributed by atoms with Gasteiger partial charge in [0.25, 0.3) is 0 Å². The van der Waals surface area contributed by atoms with E-state index in [2.05, 4.69) is 0 Å². The van der Waals surface area contributed by atoms with E-state index >= 15 is 0 Å². The van der Waals surface area contributed by atoms with Gasteiger partial charge < -0.3 is 31.8 Å². The first-order valence-electron chi connectivity index (χ1n) is 14.1. The highest BCUT2D eigenvalue weighted by atomic mass is 16.3. The standard InChI is InChI=1S/2C18H16N4O/c2*19-17(20)13-5-1-11(2-6-13)15-9-10-16(23-15)12-3-7-14(8-4-12)18(21)22/h2*1-10H,(H3,19,20)(H3,21,22). The molecule has 0 fully saturated rings. The van der Waals surface area contributed by atoms with Crippen molar-refractivity contribution in [1.82, 2.24) is 0 Å². The van der Waals surface area contributed by atoms with Crippen LogP contribution in [0.4, 0.5) is 0 Å². The van der Waals surface area contributed by atoms with Crippen LogP contribution in [0.2, 0.25) is 0 Å². The van der Waals surface area contributed by atoms with Crippen LogP contribution in [0.5, 0.6) is 0 Å². The minimum atomic E-state index is 0.0437. The normalized spacial score (nSPS) is 10.4. The van der Waals surface area contributed by atoms with Crippen molar-refractivity contribution >= 4 is 23.3 Å². The molecule has 0 saturated heterocycles. The summed E-state index contributed by atoms with van der Waals surface area (Å²) in [7, 11) is 0. The maximum absolute atomic E-state index is 7.40. The number of hydrogen-bond acceptors (Lipinski definition) is 6. The maximum Gasteiger partial charge on any atom is 0.134 e. The summed E-state index contributed by atoms with van der Waals surface area (Å²) in [5.41, 5.74) is 28.2. The zero-order valence-corrected chi connectivity index (χ0v) is 24.7. The molecule has 0 radical (unpaired) electrons. The first-order chi connectivity index (χ1) is 22.1. The van der Waals surface area contributed by atoms with Crippen LogP contribution in [0.1, 0.15) is 22.3 Å². The Morgan fingerprint density at radius 3 is 0.630 bits per heavy atom. The number of furan rings is 2. The summed E-state index contributed by atoms with van der Waals surface area (Å²) < 4.78 is 11.8. The smallest absolute Gasteiger partial charge is 0.134 e. The number of nitrogens with two attached hydrogens (primary N) is 4. The van der Waals surface area contributed by atoms with E-state index in [-0.39, 0.29) is 23.3 Å². The zero-order valence-electron chi connectivity index (χ0n) is 24.7. The van der Waals surface area contributed by atoms with Gasteiger partial charge in [0.05, 0.1) is 0 Å². The molecule has 2 aromatic heterocycles. The molecule has 228 valence electrons. The van der Waals surface area contributed by atoms with Crippen molar-refractivity contribution in [3.8, 4) is 45.3 Å². The fourth-order valence-corrected chi connectivity index (χ4v) is 4.55. The third kappa shape index (κ3) is 7.09. The van der Waals surface area contributed by atoms with E-state index in [1.807, 2.05) is 72.8 Å². The van der Waals surface area contributed by atoms with Gasteiger partial charge in [-0.05, 0) is 24.3 Å². The summed E-state index contributed by atoms with van der Waals surface area (Å²) in [6, 6.07) is 36.9. The second-order valence-electron chi connectivity index (χ2n) is 10.3. The molecule has 0 atom stereocenters. The Morgan fingerprint density at radius 2 is 0.478 bits per heavy atom. The predicted molar refractivity (Wildman–Crippen MR) is 183 cm³/mol. The molecular formula is C36H32N8O2. The summed E-state index contributed by atoms with van der Waals surface area (Å²) in [5, 5.41) is 29.6. The van der Waals surface area contributed by atoms with Gasteiger partial charge in [0, 0.05) is 44.5 Å². The highest BCUT2D eigenvalue weighted by Crippen LogP contribution is 2.30. The Hall–Kier alpha value is -6.68. The Labute approximate surface area is 265 Å². The van der Waals surface area contributed by atoms with Gasteiger partial charge in [0.2, 0.25) is 0 Å². The fraction of sp³-hybridized carbons (Fsp3) is 0. The molecule has 12 N–H and O–H groups in total. The summed E-state index contributed by atoms with van der Waals surface area (Å²) in [5.74, 6) is 3.14. The third-order valence-electron chi connectivity index (χ3n) is 7.13. The van der Waals surface area contributed by atoms with Gasteiger partial charge in [-0.15, -0.1) is 0 Å². The molecule has 0 amide bonds. The molecule has 6 rings (SSSR count). The van der Waals surface area contributed by atoms with Gasteiger partial charge in [-0.25, -0.2) is 0 Å². The van der Waals surface area contributed by atoms with Crippen LogP contribution >= 0.6 is 0 Å². The maximum atomic E-state index is 7.40. The van der Waals surface area contributed by atoms with E-state index in [0.717, 1.165) is 45.3 Å². The van der Waals surface area contributed by atoms with Crippen LogP contribution in [0.15, 0.2) is 130 Å². The topological polar surface area (TPSA) is 226 Å². The Morgan fingerprint density at radius 1 is 0.304 bits per heavy atom. The van der Waals surface area contributed by atoms with E-state index in [0.29, 0.717) is 22.3 Å². The molecule has 46 heavy (non-hydrogen) atoms. The molecule has 0 aliphatic heterocycles.